The molecule has 9 heteroatoms. The number of anilines is 1. The van der Waals surface area contributed by atoms with Crippen LogP contribution in [0.5, 0.6) is 0 Å². The molecule has 0 bridgehead atoms. The second kappa shape index (κ2) is 11.5. The summed E-state index contributed by atoms with van der Waals surface area (Å²) in [6.07, 6.45) is 6.09. The van der Waals surface area contributed by atoms with E-state index in [0.717, 1.165) is 67.6 Å². The van der Waals surface area contributed by atoms with E-state index in [4.69, 9.17) is 28.3 Å². The third kappa shape index (κ3) is 6.09. The van der Waals surface area contributed by atoms with Crippen molar-refractivity contribution in [3.63, 3.8) is 0 Å². The fraction of sp³-hybridized carbons (Fsp3) is 0.370. The Bertz CT molecular complexity index is 1190. The summed E-state index contributed by atoms with van der Waals surface area (Å²) in [7, 11) is 1.84. The van der Waals surface area contributed by atoms with Crippen LogP contribution in [0.15, 0.2) is 48.6 Å². The SMILES string of the molecule is CN(C(=O)Cc1ccc(Cl)c(Cl)c1)[C@H]1c2cc(NC(=O)/C=C\C(=O)O)ccc2CC[C@@H]1N1CCCC1. The molecule has 0 unspecified atom stereocenters. The van der Waals surface area contributed by atoms with Crippen LogP contribution >= 0.6 is 23.2 Å². The van der Waals surface area contributed by atoms with E-state index < -0.39 is 11.9 Å². The zero-order valence-corrected chi connectivity index (χ0v) is 21.6. The normalized spacial score (nSPS) is 19.8. The summed E-state index contributed by atoms with van der Waals surface area (Å²) in [4.78, 5) is 40.7. The molecule has 1 aliphatic carbocycles. The zero-order chi connectivity index (χ0) is 25.8. The summed E-state index contributed by atoms with van der Waals surface area (Å²) >= 11 is 12.2. The average molecular weight is 530 g/mol. The fourth-order valence-electron chi connectivity index (χ4n) is 5.20. The third-order valence-corrected chi connectivity index (χ3v) is 7.68. The lowest BCUT2D eigenvalue weighted by atomic mass is 9.82. The highest BCUT2D eigenvalue weighted by Gasteiger charge is 2.38. The highest BCUT2D eigenvalue weighted by Crippen LogP contribution is 2.39. The minimum Gasteiger partial charge on any atom is -0.478 e. The predicted molar refractivity (Wildman–Crippen MR) is 140 cm³/mol. The number of carboxylic acids is 1. The fourth-order valence-corrected chi connectivity index (χ4v) is 5.52. The van der Waals surface area contributed by atoms with E-state index in [9.17, 15) is 14.4 Å². The lowest BCUT2D eigenvalue weighted by Gasteiger charge is -2.43. The van der Waals surface area contributed by atoms with E-state index in [0.29, 0.717) is 15.7 Å². The molecule has 0 aromatic heterocycles. The van der Waals surface area contributed by atoms with Gasteiger partial charge in [-0.1, -0.05) is 35.3 Å². The Morgan fingerprint density at radius 1 is 1.08 bits per heavy atom. The smallest absolute Gasteiger partial charge is 0.328 e. The molecule has 2 aromatic carbocycles. The van der Waals surface area contributed by atoms with Crippen molar-refractivity contribution >= 4 is 46.7 Å². The molecule has 190 valence electrons. The van der Waals surface area contributed by atoms with Gasteiger partial charge in [0.1, 0.15) is 0 Å². The molecule has 2 atom stereocenters. The number of aryl methyl sites for hydroxylation is 1. The Labute approximate surface area is 220 Å². The molecule has 4 rings (SSSR count). The lowest BCUT2D eigenvalue weighted by Crippen LogP contribution is -2.48. The van der Waals surface area contributed by atoms with E-state index in [1.165, 1.54) is 0 Å². The summed E-state index contributed by atoms with van der Waals surface area (Å²) in [5.41, 5.74) is 3.50. The number of carbonyl (C=O) groups is 3. The number of benzene rings is 2. The standard InChI is InChI=1S/C27H29Cl2N3O4/c1-31(25(34)15-17-4-8-21(28)22(29)14-17)27-20-16-19(30-24(33)10-11-26(35)36)7-5-18(20)6-9-23(27)32-12-2-3-13-32/h4-5,7-8,10-11,14,16,23,27H,2-3,6,9,12-13,15H2,1H3,(H,30,33)(H,35,36)/b11-10-/t23-,27-/m0/s1. The number of hydrogen-bond acceptors (Lipinski definition) is 4. The van der Waals surface area contributed by atoms with Crippen LogP contribution in [0.4, 0.5) is 5.69 Å². The Kier molecular flexibility index (Phi) is 8.34. The van der Waals surface area contributed by atoms with Crippen LogP contribution in [0, 0.1) is 0 Å². The number of nitrogens with one attached hydrogen (secondary N) is 1. The first kappa shape index (κ1) is 26.2. The molecule has 1 aliphatic heterocycles. The van der Waals surface area contributed by atoms with Gasteiger partial charge in [-0.15, -0.1) is 0 Å². The van der Waals surface area contributed by atoms with Gasteiger partial charge in [-0.2, -0.15) is 0 Å². The first-order chi connectivity index (χ1) is 17.2. The van der Waals surface area contributed by atoms with E-state index in [-0.39, 0.29) is 24.4 Å². The van der Waals surface area contributed by atoms with Gasteiger partial charge >= 0.3 is 5.97 Å². The van der Waals surface area contributed by atoms with Gasteiger partial charge in [0, 0.05) is 30.9 Å². The summed E-state index contributed by atoms with van der Waals surface area (Å²) in [5, 5.41) is 12.4. The van der Waals surface area contributed by atoms with Crippen molar-refractivity contribution in [2.45, 2.75) is 44.2 Å². The van der Waals surface area contributed by atoms with Crippen LogP contribution in [0.1, 0.15) is 42.0 Å². The second-order valence-electron chi connectivity index (χ2n) is 9.30. The molecule has 0 spiro atoms. The van der Waals surface area contributed by atoms with Crippen molar-refractivity contribution in [1.82, 2.24) is 9.80 Å². The molecule has 7 nitrogen and oxygen atoms in total. The minimum absolute atomic E-state index is 0.0331. The van der Waals surface area contributed by atoms with Gasteiger partial charge < -0.3 is 15.3 Å². The molecule has 1 saturated heterocycles. The predicted octanol–water partition coefficient (Wildman–Crippen LogP) is 4.73. The molecule has 2 amide bonds. The number of amides is 2. The molecule has 1 heterocycles. The Morgan fingerprint density at radius 2 is 1.83 bits per heavy atom. The van der Waals surface area contributed by atoms with Crippen molar-refractivity contribution < 1.29 is 19.5 Å². The highest BCUT2D eigenvalue weighted by atomic mass is 35.5. The lowest BCUT2D eigenvalue weighted by molar-refractivity contribution is -0.133. The number of likely N-dealkylation sites (N-methyl/N-ethyl adjacent to an activating group) is 1. The van der Waals surface area contributed by atoms with Crippen molar-refractivity contribution in [2.24, 2.45) is 0 Å². The van der Waals surface area contributed by atoms with Crippen LogP contribution in [0.2, 0.25) is 10.0 Å². The van der Waals surface area contributed by atoms with E-state index in [1.807, 2.05) is 36.2 Å². The molecular weight excluding hydrogens is 501 g/mol. The van der Waals surface area contributed by atoms with Gasteiger partial charge in [0.2, 0.25) is 11.8 Å². The molecule has 0 radical (unpaired) electrons. The number of likely N-dealkylation sites (tertiary alicyclic amines) is 1. The number of halogens is 2. The minimum atomic E-state index is -1.19. The third-order valence-electron chi connectivity index (χ3n) is 6.94. The van der Waals surface area contributed by atoms with Crippen molar-refractivity contribution in [1.29, 1.82) is 0 Å². The maximum absolute atomic E-state index is 13.5. The van der Waals surface area contributed by atoms with Crippen molar-refractivity contribution in [2.75, 3.05) is 25.5 Å². The van der Waals surface area contributed by atoms with Crippen molar-refractivity contribution in [3.8, 4) is 0 Å². The van der Waals surface area contributed by atoms with Crippen molar-refractivity contribution in [3.05, 3.63) is 75.3 Å². The Balaban J connectivity index is 1.63. The molecule has 2 aromatic rings. The number of aliphatic carboxylic acids is 1. The summed E-state index contributed by atoms with van der Waals surface area (Å²) in [5.74, 6) is -1.75. The molecule has 2 aliphatic rings. The van der Waals surface area contributed by atoms with E-state index in [1.54, 1.807) is 12.1 Å². The zero-order valence-electron chi connectivity index (χ0n) is 20.0. The monoisotopic (exact) mass is 529 g/mol. The number of hydrogen-bond donors (Lipinski definition) is 2. The van der Waals surface area contributed by atoms with Crippen LogP contribution in [-0.4, -0.2) is 58.9 Å². The van der Waals surface area contributed by atoms with Gasteiger partial charge in [0.25, 0.3) is 0 Å². The van der Waals surface area contributed by atoms with Crippen LogP contribution < -0.4 is 5.32 Å². The molecule has 2 N–H and O–H groups in total. The summed E-state index contributed by atoms with van der Waals surface area (Å²) < 4.78 is 0. The van der Waals surface area contributed by atoms with Gasteiger partial charge in [-0.3, -0.25) is 14.5 Å². The van der Waals surface area contributed by atoms with E-state index >= 15 is 0 Å². The largest absolute Gasteiger partial charge is 0.478 e. The maximum atomic E-state index is 13.5. The first-order valence-electron chi connectivity index (χ1n) is 12.0. The maximum Gasteiger partial charge on any atom is 0.328 e. The highest BCUT2D eigenvalue weighted by molar-refractivity contribution is 6.42. The first-order valence-corrected chi connectivity index (χ1v) is 12.8. The van der Waals surface area contributed by atoms with E-state index in [2.05, 4.69) is 10.2 Å². The summed E-state index contributed by atoms with van der Waals surface area (Å²) in [6.45, 7) is 2.00. The Morgan fingerprint density at radius 3 is 2.53 bits per heavy atom. The van der Waals surface area contributed by atoms with Crippen LogP contribution in [0.3, 0.4) is 0 Å². The quantitative estimate of drug-likeness (QED) is 0.506. The molecule has 1 fully saturated rings. The Hall–Kier alpha value is -2.87. The van der Waals surface area contributed by atoms with Gasteiger partial charge in [0.05, 0.1) is 22.5 Å². The van der Waals surface area contributed by atoms with Crippen LogP contribution in [-0.2, 0) is 27.2 Å². The van der Waals surface area contributed by atoms with Gasteiger partial charge in [0.15, 0.2) is 0 Å². The topological polar surface area (TPSA) is 90.0 Å². The van der Waals surface area contributed by atoms with Gasteiger partial charge in [-0.25, -0.2) is 4.79 Å². The molecule has 36 heavy (non-hydrogen) atoms. The van der Waals surface area contributed by atoms with Gasteiger partial charge in [-0.05, 0) is 79.7 Å². The number of rotatable bonds is 7. The number of carboxylic acid groups (broad SMARTS) is 1. The summed E-state index contributed by atoms with van der Waals surface area (Å²) in [6, 6.07) is 10.9. The second-order valence-corrected chi connectivity index (χ2v) is 10.1. The number of fused-ring (bicyclic) bond motifs is 1. The average Bonchev–Trinajstić information content (AvgIpc) is 3.38. The van der Waals surface area contributed by atoms with Crippen LogP contribution in [0.25, 0.3) is 0 Å². The number of nitrogens with zero attached hydrogens (tertiary/aromatic N) is 2. The molecule has 0 saturated carbocycles. The number of carbonyl (C=O) groups excluding carboxylic acids is 2. The molecular formula is C27H29Cl2N3O4.